The van der Waals surface area contributed by atoms with Crippen LogP contribution in [0.4, 0.5) is 0 Å². The molecule has 1 radical (unpaired) electrons. The highest BCUT2D eigenvalue weighted by molar-refractivity contribution is 6.45. The van der Waals surface area contributed by atoms with Crippen LogP contribution in [0.3, 0.4) is 0 Å². The minimum absolute atomic E-state index is 0.134. The summed E-state index contributed by atoms with van der Waals surface area (Å²) in [6.07, 6.45) is 0.134. The van der Waals surface area contributed by atoms with Crippen molar-refractivity contribution in [1.29, 1.82) is 0 Å². The van der Waals surface area contributed by atoms with Crippen molar-refractivity contribution in [2.75, 3.05) is 0 Å². The Morgan fingerprint density at radius 2 is 1.63 bits per heavy atom. The van der Waals surface area contributed by atoms with E-state index in [0.29, 0.717) is 5.75 Å². The zero-order chi connectivity index (χ0) is 13.7. The van der Waals surface area contributed by atoms with Gasteiger partial charge in [0.2, 0.25) is 0 Å². The molecule has 0 heterocycles. The molecule has 0 saturated heterocycles. The normalized spacial score (nSPS) is 10.3. The lowest BCUT2D eigenvalue weighted by Gasteiger charge is -2.11. The van der Waals surface area contributed by atoms with Gasteiger partial charge in [0.05, 0.1) is 6.10 Å². The van der Waals surface area contributed by atoms with Crippen molar-refractivity contribution >= 4 is 12.9 Å². The largest absolute Gasteiger partial charge is 0.491 e. The molecule has 0 atom stereocenters. The molecule has 0 aliphatic carbocycles. The van der Waals surface area contributed by atoms with Crippen molar-refractivity contribution in [2.24, 2.45) is 0 Å². The van der Waals surface area contributed by atoms with Gasteiger partial charge in [-0.05, 0) is 38.1 Å². The Labute approximate surface area is 114 Å². The van der Waals surface area contributed by atoms with Gasteiger partial charge in [-0.3, -0.25) is 0 Å². The van der Waals surface area contributed by atoms with E-state index in [4.69, 9.17) is 14.5 Å². The van der Waals surface area contributed by atoms with Crippen LogP contribution in [0.25, 0.3) is 0 Å². The van der Waals surface area contributed by atoms with Crippen molar-refractivity contribution in [3.8, 4) is 17.2 Å². The van der Waals surface area contributed by atoms with Crippen LogP contribution in [-0.2, 0) is 0 Å². The van der Waals surface area contributed by atoms with Gasteiger partial charge in [-0.2, -0.15) is 0 Å². The molecule has 0 aliphatic heterocycles. The van der Waals surface area contributed by atoms with Gasteiger partial charge < -0.3 is 14.5 Å². The molecule has 0 aromatic heterocycles. The summed E-state index contributed by atoms with van der Waals surface area (Å²) in [5.74, 6) is 2.22. The number of rotatable bonds is 5. The highest BCUT2D eigenvalue weighted by Gasteiger charge is 2.02. The van der Waals surface area contributed by atoms with Crippen LogP contribution in [0.5, 0.6) is 17.2 Å². The summed E-state index contributed by atoms with van der Waals surface area (Å²) in [6.45, 7) is 3.97. The number of hydrogen-bond donors (Lipinski definition) is 1. The number of benzene rings is 2. The Balaban J connectivity index is 2.09. The Hall–Kier alpha value is -1.94. The van der Waals surface area contributed by atoms with E-state index in [1.807, 2.05) is 38.1 Å². The number of hydrogen-bond acceptors (Lipinski definition) is 3. The van der Waals surface area contributed by atoms with Crippen molar-refractivity contribution in [3.63, 3.8) is 0 Å². The first kappa shape index (κ1) is 13.5. The average Bonchev–Trinajstić information content (AvgIpc) is 2.39. The van der Waals surface area contributed by atoms with Crippen LogP contribution in [0, 0.1) is 0 Å². The zero-order valence-electron chi connectivity index (χ0n) is 11.0. The maximum absolute atomic E-state index is 8.86. The van der Waals surface area contributed by atoms with Crippen LogP contribution in [0.2, 0.25) is 0 Å². The minimum atomic E-state index is 0.134. The molecule has 2 rings (SSSR count). The lowest BCUT2D eigenvalue weighted by Crippen LogP contribution is -2.11. The molecule has 97 valence electrons. The fourth-order valence-corrected chi connectivity index (χ4v) is 1.64. The summed E-state index contributed by atoms with van der Waals surface area (Å²) < 4.78 is 11.3. The molecule has 2 aromatic rings. The Bertz CT molecular complexity index is 523. The molecule has 0 amide bonds. The van der Waals surface area contributed by atoms with Gasteiger partial charge in [0, 0.05) is 6.07 Å². The second-order valence-corrected chi connectivity index (χ2v) is 4.44. The predicted octanol–water partition coefficient (Wildman–Crippen LogP) is 2.50. The summed E-state index contributed by atoms with van der Waals surface area (Å²) in [6, 6.07) is 14.7. The SMILES string of the molecule is CC(C)Oc1cccc(Oc2ccc([B]O)cc2)c1. The van der Waals surface area contributed by atoms with E-state index < -0.39 is 0 Å². The summed E-state index contributed by atoms with van der Waals surface area (Å²) >= 11 is 0. The highest BCUT2D eigenvalue weighted by Crippen LogP contribution is 2.25. The van der Waals surface area contributed by atoms with Crippen LogP contribution >= 0.6 is 0 Å². The van der Waals surface area contributed by atoms with Crippen LogP contribution in [0.15, 0.2) is 48.5 Å². The van der Waals surface area contributed by atoms with Crippen LogP contribution < -0.4 is 14.9 Å². The van der Waals surface area contributed by atoms with E-state index in [2.05, 4.69) is 0 Å². The Morgan fingerprint density at radius 1 is 0.947 bits per heavy atom. The smallest absolute Gasteiger partial charge is 0.326 e. The van der Waals surface area contributed by atoms with E-state index in [0.717, 1.165) is 24.4 Å². The molecule has 3 nitrogen and oxygen atoms in total. The first-order valence-electron chi connectivity index (χ1n) is 6.19. The third kappa shape index (κ3) is 4.03. The quantitative estimate of drug-likeness (QED) is 0.834. The second kappa shape index (κ2) is 6.30. The van der Waals surface area contributed by atoms with E-state index in [1.165, 1.54) is 0 Å². The van der Waals surface area contributed by atoms with E-state index in [9.17, 15) is 0 Å². The standard InChI is InChI=1S/C15H16BO3/c1-11(2)18-14-4-3-5-15(10-14)19-13-8-6-12(16-17)7-9-13/h3-11,17H,1-2H3. The lowest BCUT2D eigenvalue weighted by atomic mass is 9.89. The molecule has 0 aliphatic rings. The second-order valence-electron chi connectivity index (χ2n) is 4.44. The van der Waals surface area contributed by atoms with Crippen molar-refractivity contribution in [3.05, 3.63) is 48.5 Å². The average molecular weight is 255 g/mol. The van der Waals surface area contributed by atoms with Gasteiger partial charge in [0.1, 0.15) is 17.2 Å². The molecule has 0 spiro atoms. The van der Waals surface area contributed by atoms with Gasteiger partial charge in [-0.1, -0.05) is 23.7 Å². The Morgan fingerprint density at radius 3 is 2.26 bits per heavy atom. The first-order valence-corrected chi connectivity index (χ1v) is 6.19. The molecule has 19 heavy (non-hydrogen) atoms. The lowest BCUT2D eigenvalue weighted by molar-refractivity contribution is 0.241. The molecular formula is C15H16BO3. The van der Waals surface area contributed by atoms with Gasteiger partial charge in [0.25, 0.3) is 0 Å². The topological polar surface area (TPSA) is 38.7 Å². The molecule has 0 saturated carbocycles. The van der Waals surface area contributed by atoms with Crippen LogP contribution in [0.1, 0.15) is 13.8 Å². The monoisotopic (exact) mass is 255 g/mol. The van der Waals surface area contributed by atoms with Crippen molar-refractivity contribution < 1.29 is 14.5 Å². The van der Waals surface area contributed by atoms with E-state index in [-0.39, 0.29) is 6.10 Å². The fraction of sp³-hybridized carbons (Fsp3) is 0.200. The minimum Gasteiger partial charge on any atom is -0.491 e. The highest BCUT2D eigenvalue weighted by atomic mass is 16.5. The number of ether oxygens (including phenoxy) is 2. The molecule has 0 bridgehead atoms. The maximum atomic E-state index is 8.86. The molecule has 0 unspecified atom stereocenters. The summed E-state index contributed by atoms with van der Waals surface area (Å²) in [4.78, 5) is 0. The first-order chi connectivity index (χ1) is 9.17. The zero-order valence-corrected chi connectivity index (χ0v) is 11.0. The molecule has 2 aromatic carbocycles. The van der Waals surface area contributed by atoms with Gasteiger partial charge in [-0.15, -0.1) is 0 Å². The summed E-state index contributed by atoms with van der Waals surface area (Å²) in [7, 11) is 1.06. The van der Waals surface area contributed by atoms with Crippen LogP contribution in [-0.4, -0.2) is 18.6 Å². The van der Waals surface area contributed by atoms with Crippen molar-refractivity contribution in [2.45, 2.75) is 20.0 Å². The van der Waals surface area contributed by atoms with Gasteiger partial charge in [-0.25, -0.2) is 0 Å². The van der Waals surface area contributed by atoms with Gasteiger partial charge >= 0.3 is 7.48 Å². The fourth-order valence-electron chi connectivity index (χ4n) is 1.64. The van der Waals surface area contributed by atoms with E-state index in [1.54, 1.807) is 24.3 Å². The summed E-state index contributed by atoms with van der Waals surface area (Å²) in [5.41, 5.74) is 0.740. The molecular weight excluding hydrogens is 239 g/mol. The molecule has 0 fully saturated rings. The summed E-state index contributed by atoms with van der Waals surface area (Å²) in [5, 5.41) is 8.86. The van der Waals surface area contributed by atoms with Gasteiger partial charge in [0.15, 0.2) is 0 Å². The maximum Gasteiger partial charge on any atom is 0.326 e. The third-order valence-electron chi connectivity index (χ3n) is 2.44. The predicted molar refractivity (Wildman–Crippen MR) is 76.3 cm³/mol. The van der Waals surface area contributed by atoms with Crippen molar-refractivity contribution in [1.82, 2.24) is 0 Å². The molecule has 1 N–H and O–H groups in total. The Kier molecular flexibility index (Phi) is 4.47. The molecule has 4 heteroatoms. The third-order valence-corrected chi connectivity index (χ3v) is 2.44. The van der Waals surface area contributed by atoms with E-state index >= 15 is 0 Å².